The Bertz CT molecular complexity index is 425. The monoisotopic (exact) mass is 268 g/mol. The Labute approximate surface area is 111 Å². The molecule has 0 aliphatic carbocycles. The van der Waals surface area contributed by atoms with Crippen LogP contribution in [0.1, 0.15) is 18.9 Å². The lowest BCUT2D eigenvalue weighted by Gasteiger charge is -2.22. The van der Waals surface area contributed by atoms with E-state index in [0.29, 0.717) is 12.8 Å². The van der Waals surface area contributed by atoms with Crippen molar-refractivity contribution in [2.75, 3.05) is 6.54 Å². The van der Waals surface area contributed by atoms with Crippen LogP contribution in [0.3, 0.4) is 0 Å². The van der Waals surface area contributed by atoms with Crippen molar-refractivity contribution in [3.05, 3.63) is 35.9 Å². The fourth-order valence-electron chi connectivity index (χ4n) is 2.45. The van der Waals surface area contributed by atoms with Gasteiger partial charge in [0.1, 0.15) is 0 Å². The highest BCUT2D eigenvalue weighted by Crippen LogP contribution is 2.18. The first-order chi connectivity index (χ1) is 9.11. The SMILES string of the molecule is CCC1NC(Cc2ccccc2)C(=O)N1CC(F)F. The molecule has 0 saturated carbocycles. The summed E-state index contributed by atoms with van der Waals surface area (Å²) in [4.78, 5) is 13.4. The fourth-order valence-corrected chi connectivity index (χ4v) is 2.45. The van der Waals surface area contributed by atoms with Gasteiger partial charge in [0.2, 0.25) is 5.91 Å². The van der Waals surface area contributed by atoms with E-state index in [2.05, 4.69) is 5.32 Å². The van der Waals surface area contributed by atoms with E-state index in [1.165, 1.54) is 4.90 Å². The van der Waals surface area contributed by atoms with Crippen molar-refractivity contribution in [3.8, 4) is 0 Å². The minimum absolute atomic E-state index is 0.226. The molecule has 2 unspecified atom stereocenters. The number of alkyl halides is 2. The lowest BCUT2D eigenvalue weighted by molar-refractivity contribution is -0.131. The molecular formula is C14H18F2N2O. The van der Waals surface area contributed by atoms with Gasteiger partial charge in [0, 0.05) is 0 Å². The van der Waals surface area contributed by atoms with Gasteiger partial charge >= 0.3 is 0 Å². The van der Waals surface area contributed by atoms with Crippen LogP contribution in [-0.2, 0) is 11.2 Å². The van der Waals surface area contributed by atoms with E-state index in [4.69, 9.17) is 0 Å². The van der Waals surface area contributed by atoms with Gasteiger partial charge in [-0.05, 0) is 18.4 Å². The van der Waals surface area contributed by atoms with Crippen LogP contribution in [-0.4, -0.2) is 36.0 Å². The number of nitrogens with zero attached hydrogens (tertiary/aromatic N) is 1. The minimum Gasteiger partial charge on any atom is -0.320 e. The molecule has 5 heteroatoms. The second-order valence-electron chi connectivity index (χ2n) is 4.71. The second kappa shape index (κ2) is 6.10. The van der Waals surface area contributed by atoms with Gasteiger partial charge < -0.3 is 4.90 Å². The third kappa shape index (κ3) is 3.29. The molecule has 1 aromatic carbocycles. The minimum atomic E-state index is -2.49. The van der Waals surface area contributed by atoms with Crippen molar-refractivity contribution >= 4 is 5.91 Å². The molecule has 1 amide bonds. The van der Waals surface area contributed by atoms with E-state index in [1.54, 1.807) is 0 Å². The van der Waals surface area contributed by atoms with Crippen molar-refractivity contribution in [1.82, 2.24) is 10.2 Å². The fraction of sp³-hybridized carbons (Fsp3) is 0.500. The topological polar surface area (TPSA) is 32.3 Å². The molecule has 2 rings (SSSR count). The summed E-state index contributed by atoms with van der Waals surface area (Å²) in [5.74, 6) is -0.226. The summed E-state index contributed by atoms with van der Waals surface area (Å²) in [6, 6.07) is 9.19. The number of benzene rings is 1. The van der Waals surface area contributed by atoms with E-state index >= 15 is 0 Å². The molecule has 1 aromatic rings. The molecular weight excluding hydrogens is 250 g/mol. The van der Waals surface area contributed by atoms with Crippen LogP contribution in [0.4, 0.5) is 8.78 Å². The average molecular weight is 268 g/mol. The molecule has 1 saturated heterocycles. The highest BCUT2D eigenvalue weighted by Gasteiger charge is 2.38. The van der Waals surface area contributed by atoms with Crippen LogP contribution < -0.4 is 5.32 Å². The average Bonchev–Trinajstić information content (AvgIpc) is 2.68. The third-order valence-corrected chi connectivity index (χ3v) is 3.36. The van der Waals surface area contributed by atoms with Crippen LogP contribution in [0, 0.1) is 0 Å². The van der Waals surface area contributed by atoms with Crippen LogP contribution in [0.5, 0.6) is 0 Å². The van der Waals surface area contributed by atoms with E-state index in [-0.39, 0.29) is 12.1 Å². The summed E-state index contributed by atoms with van der Waals surface area (Å²) in [7, 11) is 0. The molecule has 1 N–H and O–H groups in total. The van der Waals surface area contributed by atoms with Crippen molar-refractivity contribution in [2.24, 2.45) is 0 Å². The highest BCUT2D eigenvalue weighted by atomic mass is 19.3. The molecule has 1 heterocycles. The van der Waals surface area contributed by atoms with Crippen molar-refractivity contribution in [1.29, 1.82) is 0 Å². The molecule has 0 spiro atoms. The lowest BCUT2D eigenvalue weighted by atomic mass is 10.1. The van der Waals surface area contributed by atoms with Gasteiger partial charge in [-0.25, -0.2) is 8.78 Å². The largest absolute Gasteiger partial charge is 0.320 e. The normalized spacial score (nSPS) is 23.4. The number of hydrogen-bond acceptors (Lipinski definition) is 2. The third-order valence-electron chi connectivity index (χ3n) is 3.36. The van der Waals surface area contributed by atoms with Gasteiger partial charge in [-0.1, -0.05) is 37.3 Å². The maximum Gasteiger partial charge on any atom is 0.255 e. The molecule has 0 bridgehead atoms. The molecule has 104 valence electrons. The maximum absolute atomic E-state index is 12.5. The van der Waals surface area contributed by atoms with Gasteiger partial charge in [0.15, 0.2) is 0 Å². The number of nitrogens with one attached hydrogen (secondary N) is 1. The number of halogens is 2. The Morgan fingerprint density at radius 3 is 2.58 bits per heavy atom. The first kappa shape index (κ1) is 13.9. The van der Waals surface area contributed by atoms with Crippen LogP contribution in [0.2, 0.25) is 0 Å². The molecule has 19 heavy (non-hydrogen) atoms. The van der Waals surface area contributed by atoms with Gasteiger partial charge in [0.25, 0.3) is 6.43 Å². The zero-order chi connectivity index (χ0) is 13.8. The number of carbonyl (C=O) groups is 1. The van der Waals surface area contributed by atoms with Crippen LogP contribution >= 0.6 is 0 Å². The number of carbonyl (C=O) groups excluding carboxylic acids is 1. The van der Waals surface area contributed by atoms with Crippen molar-refractivity contribution in [3.63, 3.8) is 0 Å². The predicted octanol–water partition coefficient (Wildman–Crippen LogP) is 2.03. The smallest absolute Gasteiger partial charge is 0.255 e. The number of hydrogen-bond donors (Lipinski definition) is 1. The van der Waals surface area contributed by atoms with E-state index in [9.17, 15) is 13.6 Å². The summed E-state index contributed by atoms with van der Waals surface area (Å²) in [5, 5.41) is 3.14. The summed E-state index contributed by atoms with van der Waals surface area (Å²) in [5.41, 5.74) is 1.03. The van der Waals surface area contributed by atoms with E-state index in [1.807, 2.05) is 37.3 Å². The van der Waals surface area contributed by atoms with Gasteiger partial charge in [-0.15, -0.1) is 0 Å². The zero-order valence-electron chi connectivity index (χ0n) is 10.9. The Morgan fingerprint density at radius 2 is 2.00 bits per heavy atom. The standard InChI is InChI=1S/C14H18F2N2O/c1-2-13-17-11(8-10-6-4-3-5-7-10)14(19)18(13)9-12(15)16/h3-7,11-13,17H,2,8-9H2,1H3. The number of amides is 1. The summed E-state index contributed by atoms with van der Waals surface area (Å²) < 4.78 is 25.0. The second-order valence-corrected chi connectivity index (χ2v) is 4.71. The molecule has 2 atom stereocenters. The quantitative estimate of drug-likeness (QED) is 0.886. The number of rotatable bonds is 5. The summed E-state index contributed by atoms with van der Waals surface area (Å²) in [6.45, 7) is 1.39. The highest BCUT2D eigenvalue weighted by molar-refractivity contribution is 5.84. The zero-order valence-corrected chi connectivity index (χ0v) is 10.9. The maximum atomic E-state index is 12.5. The van der Waals surface area contributed by atoms with E-state index in [0.717, 1.165) is 5.56 Å². The van der Waals surface area contributed by atoms with Crippen molar-refractivity contribution in [2.45, 2.75) is 38.4 Å². The Hall–Kier alpha value is -1.49. The summed E-state index contributed by atoms with van der Waals surface area (Å²) in [6.07, 6.45) is -1.61. The van der Waals surface area contributed by atoms with Gasteiger partial charge in [-0.2, -0.15) is 0 Å². The molecule has 1 aliphatic rings. The van der Waals surface area contributed by atoms with Gasteiger partial charge in [-0.3, -0.25) is 10.1 Å². The van der Waals surface area contributed by atoms with Crippen LogP contribution in [0.15, 0.2) is 30.3 Å². The molecule has 1 fully saturated rings. The first-order valence-electron chi connectivity index (χ1n) is 6.50. The molecule has 0 radical (unpaired) electrons. The first-order valence-corrected chi connectivity index (χ1v) is 6.50. The predicted molar refractivity (Wildman–Crippen MR) is 68.9 cm³/mol. The molecule has 1 aliphatic heterocycles. The Morgan fingerprint density at radius 1 is 1.32 bits per heavy atom. The van der Waals surface area contributed by atoms with E-state index < -0.39 is 19.0 Å². The van der Waals surface area contributed by atoms with Crippen LogP contribution in [0.25, 0.3) is 0 Å². The lowest BCUT2D eigenvalue weighted by Crippen LogP contribution is -2.39. The molecule has 0 aromatic heterocycles. The Kier molecular flexibility index (Phi) is 4.47. The molecule has 3 nitrogen and oxygen atoms in total. The van der Waals surface area contributed by atoms with Crippen molar-refractivity contribution < 1.29 is 13.6 Å². The Balaban J connectivity index is 2.05. The van der Waals surface area contributed by atoms with Gasteiger partial charge in [0.05, 0.1) is 18.8 Å². The summed E-state index contributed by atoms with van der Waals surface area (Å²) >= 11 is 0.